The first-order chi connectivity index (χ1) is 36.7. The molecular formula is C64H107NO10. The molecule has 0 spiro atoms. The zero-order chi connectivity index (χ0) is 54.7. The van der Waals surface area contributed by atoms with Crippen molar-refractivity contribution >= 4 is 11.9 Å². The molecule has 0 saturated carbocycles. The maximum atomic E-state index is 13.4. The Morgan fingerprint density at radius 2 is 1.03 bits per heavy atom. The highest BCUT2D eigenvalue weighted by Crippen LogP contribution is 2.26. The maximum Gasteiger partial charge on any atom is 0.306 e. The van der Waals surface area contributed by atoms with E-state index in [0.29, 0.717) is 12.8 Å². The van der Waals surface area contributed by atoms with Crippen LogP contribution in [-0.2, 0) is 23.8 Å². The number of rotatable bonds is 48. The van der Waals surface area contributed by atoms with Crippen LogP contribution in [0.3, 0.4) is 0 Å². The van der Waals surface area contributed by atoms with Crippen LogP contribution in [0.25, 0.3) is 0 Å². The van der Waals surface area contributed by atoms with Crippen LogP contribution in [0.1, 0.15) is 220 Å². The number of esters is 1. The minimum Gasteiger partial charge on any atom is -0.454 e. The molecule has 0 aromatic carbocycles. The van der Waals surface area contributed by atoms with Gasteiger partial charge in [-0.25, -0.2) is 0 Å². The predicted octanol–water partition coefficient (Wildman–Crippen LogP) is 13.7. The Labute approximate surface area is 456 Å². The topological polar surface area (TPSA) is 175 Å². The fourth-order valence-electron chi connectivity index (χ4n) is 8.56. The molecule has 1 aliphatic heterocycles. The van der Waals surface area contributed by atoms with E-state index in [1.54, 1.807) is 6.08 Å². The van der Waals surface area contributed by atoms with Crippen molar-refractivity contribution in [2.45, 2.75) is 269 Å². The number of aliphatic hydroxyl groups is 5. The molecule has 11 heteroatoms. The monoisotopic (exact) mass is 1050 g/mol. The first kappa shape index (κ1) is 69.3. The van der Waals surface area contributed by atoms with Gasteiger partial charge < -0.3 is 45.1 Å². The molecule has 8 atom stereocenters. The lowest BCUT2D eigenvalue weighted by molar-refractivity contribution is -0.305. The molecule has 0 aromatic heterocycles. The summed E-state index contributed by atoms with van der Waals surface area (Å²) in [5, 5.41) is 56.9. The van der Waals surface area contributed by atoms with Crippen molar-refractivity contribution in [2.75, 3.05) is 13.2 Å². The molecule has 1 amide bonds. The van der Waals surface area contributed by atoms with Gasteiger partial charge in [-0.3, -0.25) is 9.59 Å². The Kier molecular flexibility index (Phi) is 47.2. The zero-order valence-electron chi connectivity index (χ0n) is 47.1. The van der Waals surface area contributed by atoms with Gasteiger partial charge in [0.25, 0.3) is 0 Å². The van der Waals surface area contributed by atoms with Crippen molar-refractivity contribution in [3.63, 3.8) is 0 Å². The molecule has 1 fully saturated rings. The summed E-state index contributed by atoms with van der Waals surface area (Å²) >= 11 is 0. The molecular weight excluding hydrogens is 943 g/mol. The van der Waals surface area contributed by atoms with E-state index in [0.717, 1.165) is 122 Å². The minimum atomic E-state index is -1.63. The van der Waals surface area contributed by atoms with Crippen LogP contribution in [0.2, 0.25) is 0 Å². The van der Waals surface area contributed by atoms with Crippen LogP contribution in [0.5, 0.6) is 0 Å². The Bertz CT molecular complexity index is 1630. The second-order valence-corrected chi connectivity index (χ2v) is 20.0. The number of nitrogens with one attached hydrogen (secondary N) is 1. The summed E-state index contributed by atoms with van der Waals surface area (Å²) in [6.07, 6.45) is 58.4. The smallest absolute Gasteiger partial charge is 0.306 e. The molecule has 11 nitrogen and oxygen atoms in total. The minimum absolute atomic E-state index is 0.0999. The fourth-order valence-corrected chi connectivity index (χ4v) is 8.56. The average Bonchev–Trinajstić information content (AvgIpc) is 3.41. The molecule has 0 radical (unpaired) electrons. The number of unbranched alkanes of at least 4 members (excludes halogenated alkanes) is 20. The summed E-state index contributed by atoms with van der Waals surface area (Å²) in [4.78, 5) is 26.5. The lowest BCUT2D eigenvalue weighted by Crippen LogP contribution is -2.61. The molecule has 8 unspecified atom stereocenters. The molecule has 1 aliphatic rings. The second-order valence-electron chi connectivity index (χ2n) is 20.0. The highest BCUT2D eigenvalue weighted by Gasteiger charge is 2.47. The summed E-state index contributed by atoms with van der Waals surface area (Å²) in [5.74, 6) is -1.25. The Balaban J connectivity index is 2.76. The molecule has 6 N–H and O–H groups in total. The summed E-state index contributed by atoms with van der Waals surface area (Å²) in [6.45, 7) is 5.50. The maximum absolute atomic E-state index is 13.4. The van der Waals surface area contributed by atoms with Crippen LogP contribution in [0.4, 0.5) is 0 Å². The first-order valence-corrected chi connectivity index (χ1v) is 29.7. The van der Waals surface area contributed by atoms with Crippen molar-refractivity contribution in [3.05, 3.63) is 109 Å². The van der Waals surface area contributed by atoms with E-state index in [1.165, 1.54) is 51.4 Å². The van der Waals surface area contributed by atoms with Gasteiger partial charge in [0.05, 0.1) is 25.4 Å². The number of hydrogen-bond acceptors (Lipinski definition) is 10. The highest BCUT2D eigenvalue weighted by atomic mass is 16.7. The SMILES string of the molecule is CC/C=C\C/C=C\C/C=C\C/C=C\C/C=C\CCCCC(O)C(=O)NC(COC1OC(CO)C(O)C(O)C1OC(=O)CCCCCCCCC/C=C/C=C/C=C/CC)C(O)/C=C/CCCCCCCCCCCCC. The van der Waals surface area contributed by atoms with Crippen molar-refractivity contribution in [1.82, 2.24) is 5.32 Å². The van der Waals surface area contributed by atoms with Gasteiger partial charge in [0.15, 0.2) is 12.4 Å². The molecule has 1 heterocycles. The van der Waals surface area contributed by atoms with Gasteiger partial charge in [0.1, 0.15) is 24.4 Å². The quantitative estimate of drug-likeness (QED) is 0.0149. The highest BCUT2D eigenvalue weighted by molar-refractivity contribution is 5.80. The Morgan fingerprint density at radius 1 is 0.547 bits per heavy atom. The van der Waals surface area contributed by atoms with E-state index in [4.69, 9.17) is 14.2 Å². The largest absolute Gasteiger partial charge is 0.454 e. The van der Waals surface area contributed by atoms with E-state index in [2.05, 4.69) is 117 Å². The average molecular weight is 1050 g/mol. The van der Waals surface area contributed by atoms with Gasteiger partial charge >= 0.3 is 5.97 Å². The summed E-state index contributed by atoms with van der Waals surface area (Å²) in [5.41, 5.74) is 0. The Hall–Kier alpha value is -3.68. The van der Waals surface area contributed by atoms with Gasteiger partial charge in [-0.2, -0.15) is 0 Å². The number of aliphatic hydroxyl groups excluding tert-OH is 5. The lowest BCUT2D eigenvalue weighted by atomic mass is 9.99. The third-order valence-electron chi connectivity index (χ3n) is 13.2. The normalized spacial score (nSPS) is 20.0. The first-order valence-electron chi connectivity index (χ1n) is 29.7. The van der Waals surface area contributed by atoms with Gasteiger partial charge in [-0.05, 0) is 89.9 Å². The fraction of sp³-hybridized carbons (Fsp3) is 0.688. The van der Waals surface area contributed by atoms with Crippen LogP contribution in [-0.4, -0.2) is 99.6 Å². The van der Waals surface area contributed by atoms with Crippen molar-refractivity contribution in [1.29, 1.82) is 0 Å². The van der Waals surface area contributed by atoms with Gasteiger partial charge in [0, 0.05) is 6.42 Å². The molecule has 1 saturated heterocycles. The molecule has 0 aliphatic carbocycles. The summed E-state index contributed by atoms with van der Waals surface area (Å²) in [7, 11) is 0. The van der Waals surface area contributed by atoms with E-state index in [1.807, 2.05) is 12.2 Å². The molecule has 1 rings (SSSR count). The third-order valence-corrected chi connectivity index (χ3v) is 13.2. The van der Waals surface area contributed by atoms with E-state index in [9.17, 15) is 35.1 Å². The van der Waals surface area contributed by atoms with Crippen molar-refractivity contribution in [2.24, 2.45) is 0 Å². The number of ether oxygens (including phenoxy) is 3. The predicted molar refractivity (Wildman–Crippen MR) is 310 cm³/mol. The van der Waals surface area contributed by atoms with Crippen LogP contribution >= 0.6 is 0 Å². The number of hydrogen-bond donors (Lipinski definition) is 6. The molecule has 75 heavy (non-hydrogen) atoms. The number of amides is 1. The number of carbonyl (C=O) groups excluding carboxylic acids is 2. The van der Waals surface area contributed by atoms with Crippen molar-refractivity contribution in [3.8, 4) is 0 Å². The van der Waals surface area contributed by atoms with Gasteiger partial charge in [-0.15, -0.1) is 0 Å². The number of carbonyl (C=O) groups is 2. The van der Waals surface area contributed by atoms with E-state index < -0.39 is 67.4 Å². The standard InChI is InChI=1S/C64H107NO10/c1-4-7-10-13-16-19-22-25-27-28-29-31-33-36-39-42-45-48-51-57(68)63(72)65-55(56(67)50-47-44-41-38-35-32-24-21-18-15-12-9-6-3)54-73-64-62(61(71)60(70)58(53-66)74-64)75-59(69)52-49-46-43-40-37-34-30-26-23-20-17-14-11-8-5-2/h7-8,10-11,14,16-17,19-20,23,25,27,29,31,36,39,47,50,55-58,60-62,64,66-68,70-71H,4-6,9,12-13,15,18,21-22,24,26,28,30,32-35,37-38,40-46,48-49,51-54H2,1-3H3,(H,65,72)/b10-7-,11-8+,17-14+,19-16-,23-20+,27-25-,31-29-,39-36-,50-47+. The van der Waals surface area contributed by atoms with Gasteiger partial charge in [0.2, 0.25) is 5.91 Å². The molecule has 428 valence electrons. The third kappa shape index (κ3) is 39.4. The van der Waals surface area contributed by atoms with E-state index in [-0.39, 0.29) is 19.4 Å². The summed E-state index contributed by atoms with van der Waals surface area (Å²) < 4.78 is 17.6. The van der Waals surface area contributed by atoms with Crippen LogP contribution in [0.15, 0.2) is 109 Å². The van der Waals surface area contributed by atoms with Gasteiger partial charge in [-0.1, -0.05) is 233 Å². The lowest BCUT2D eigenvalue weighted by Gasteiger charge is -2.41. The van der Waals surface area contributed by atoms with Crippen LogP contribution < -0.4 is 5.32 Å². The van der Waals surface area contributed by atoms with E-state index >= 15 is 0 Å². The Morgan fingerprint density at radius 3 is 1.59 bits per heavy atom. The zero-order valence-corrected chi connectivity index (χ0v) is 47.1. The molecule has 0 bridgehead atoms. The second kappa shape index (κ2) is 51.1. The summed E-state index contributed by atoms with van der Waals surface area (Å²) in [6, 6.07) is -1.05. The van der Waals surface area contributed by atoms with Crippen LogP contribution in [0, 0.1) is 0 Å². The van der Waals surface area contributed by atoms with Crippen molar-refractivity contribution < 1.29 is 49.3 Å². The number of allylic oxidation sites excluding steroid dienone is 17. The molecule has 0 aromatic rings.